The topological polar surface area (TPSA) is 54.0 Å². The quantitative estimate of drug-likeness (QED) is 0.775. The van der Waals surface area contributed by atoms with E-state index in [4.69, 9.17) is 9.47 Å². The Hall–Kier alpha value is -1.79. The number of ether oxygens (including phenoxy) is 2. The Labute approximate surface area is 151 Å². The molecule has 0 atom stereocenters. The van der Waals surface area contributed by atoms with Crippen LogP contribution in [0.15, 0.2) is 18.2 Å². The van der Waals surface area contributed by atoms with Gasteiger partial charge in [-0.1, -0.05) is 12.1 Å². The van der Waals surface area contributed by atoms with Crippen LogP contribution in [-0.2, 0) is 11.3 Å². The monoisotopic (exact) mass is 349 g/mol. The van der Waals surface area contributed by atoms with E-state index in [2.05, 4.69) is 10.2 Å². The molecule has 6 heteroatoms. The van der Waals surface area contributed by atoms with Crippen molar-refractivity contribution in [1.82, 2.24) is 15.1 Å². The highest BCUT2D eigenvalue weighted by Crippen LogP contribution is 2.31. The zero-order chi connectivity index (χ0) is 18.2. The molecule has 2 rings (SSSR count). The maximum Gasteiger partial charge on any atom is 0.236 e. The predicted molar refractivity (Wildman–Crippen MR) is 99.2 cm³/mol. The first-order chi connectivity index (χ1) is 12.1. The van der Waals surface area contributed by atoms with E-state index >= 15 is 0 Å². The van der Waals surface area contributed by atoms with Crippen LogP contribution >= 0.6 is 0 Å². The van der Waals surface area contributed by atoms with Crippen molar-refractivity contribution < 1.29 is 14.3 Å². The van der Waals surface area contributed by atoms with Crippen molar-refractivity contribution in [3.63, 3.8) is 0 Å². The van der Waals surface area contributed by atoms with Gasteiger partial charge in [-0.3, -0.25) is 9.69 Å². The largest absolute Gasteiger partial charge is 0.493 e. The molecule has 1 fully saturated rings. The van der Waals surface area contributed by atoms with Crippen LogP contribution in [0.5, 0.6) is 11.5 Å². The summed E-state index contributed by atoms with van der Waals surface area (Å²) in [6.45, 7) is 5.50. The van der Waals surface area contributed by atoms with Gasteiger partial charge >= 0.3 is 0 Å². The Morgan fingerprint density at radius 2 is 2.00 bits per heavy atom. The first-order valence-electron chi connectivity index (χ1n) is 9.00. The molecule has 1 aromatic carbocycles. The fraction of sp³-hybridized carbons (Fsp3) is 0.632. The van der Waals surface area contributed by atoms with Crippen molar-refractivity contribution in [3.05, 3.63) is 23.8 Å². The van der Waals surface area contributed by atoms with Crippen LogP contribution in [0.25, 0.3) is 0 Å². The fourth-order valence-electron chi connectivity index (χ4n) is 3.21. The minimum atomic E-state index is 0.117. The molecule has 0 aliphatic carbocycles. The van der Waals surface area contributed by atoms with E-state index < -0.39 is 0 Å². The summed E-state index contributed by atoms with van der Waals surface area (Å²) < 4.78 is 11.1. The van der Waals surface area contributed by atoms with Crippen molar-refractivity contribution in [1.29, 1.82) is 0 Å². The fourth-order valence-corrected chi connectivity index (χ4v) is 3.21. The van der Waals surface area contributed by atoms with Gasteiger partial charge in [-0.05, 0) is 46.0 Å². The molecular formula is C19H31N3O3. The van der Waals surface area contributed by atoms with Crippen molar-refractivity contribution in [2.45, 2.75) is 32.4 Å². The molecule has 1 aliphatic heterocycles. The number of carbonyl (C=O) groups excluding carboxylic acids is 1. The Balaban J connectivity index is 1.98. The highest BCUT2D eigenvalue weighted by atomic mass is 16.5. The SMILES string of the molecule is CCOc1c(CN(C)C(=O)CN(C)C2CCNCC2)cccc1OC. The lowest BCUT2D eigenvalue weighted by Gasteiger charge is -2.32. The molecule has 1 amide bonds. The van der Waals surface area contributed by atoms with Gasteiger partial charge in [0, 0.05) is 25.2 Å². The van der Waals surface area contributed by atoms with E-state index in [1.807, 2.05) is 39.2 Å². The summed E-state index contributed by atoms with van der Waals surface area (Å²) in [5.74, 6) is 1.54. The average Bonchev–Trinajstić information content (AvgIpc) is 2.63. The number of para-hydroxylation sites is 1. The highest BCUT2D eigenvalue weighted by Gasteiger charge is 2.22. The third-order valence-electron chi connectivity index (χ3n) is 4.72. The summed E-state index contributed by atoms with van der Waals surface area (Å²) in [5, 5.41) is 3.36. The Bertz CT molecular complexity index is 559. The molecule has 1 aromatic rings. The first-order valence-corrected chi connectivity index (χ1v) is 9.00. The molecule has 0 unspecified atom stereocenters. The lowest BCUT2D eigenvalue weighted by Crippen LogP contribution is -2.45. The molecule has 1 heterocycles. The molecule has 25 heavy (non-hydrogen) atoms. The van der Waals surface area contributed by atoms with Gasteiger partial charge in [0.15, 0.2) is 11.5 Å². The number of hydrogen-bond acceptors (Lipinski definition) is 5. The van der Waals surface area contributed by atoms with Gasteiger partial charge in [0.25, 0.3) is 0 Å². The second kappa shape index (κ2) is 9.63. The molecule has 0 spiro atoms. The molecule has 0 aromatic heterocycles. The number of methoxy groups -OCH3 is 1. The van der Waals surface area contributed by atoms with Crippen LogP contribution in [0.1, 0.15) is 25.3 Å². The minimum Gasteiger partial charge on any atom is -0.493 e. The van der Waals surface area contributed by atoms with Gasteiger partial charge in [-0.15, -0.1) is 0 Å². The van der Waals surface area contributed by atoms with E-state index in [1.54, 1.807) is 12.0 Å². The molecule has 1 saturated heterocycles. The number of nitrogens with zero attached hydrogens (tertiary/aromatic N) is 2. The Kier molecular flexibility index (Phi) is 7.52. The van der Waals surface area contributed by atoms with Crippen molar-refractivity contribution in [2.75, 3.05) is 47.4 Å². The van der Waals surface area contributed by atoms with E-state index in [9.17, 15) is 4.79 Å². The Morgan fingerprint density at radius 3 is 2.64 bits per heavy atom. The van der Waals surface area contributed by atoms with Crippen LogP contribution in [0.3, 0.4) is 0 Å². The second-order valence-corrected chi connectivity index (χ2v) is 6.53. The predicted octanol–water partition coefficient (Wildman–Crippen LogP) is 1.74. The van der Waals surface area contributed by atoms with Crippen LogP contribution in [0.2, 0.25) is 0 Å². The number of likely N-dealkylation sites (N-methyl/N-ethyl adjacent to an activating group) is 2. The number of benzene rings is 1. The van der Waals surface area contributed by atoms with Crippen LogP contribution in [-0.4, -0.2) is 69.2 Å². The normalized spacial score (nSPS) is 15.2. The van der Waals surface area contributed by atoms with Crippen LogP contribution < -0.4 is 14.8 Å². The third kappa shape index (κ3) is 5.34. The average molecular weight is 349 g/mol. The summed E-state index contributed by atoms with van der Waals surface area (Å²) in [7, 11) is 5.51. The smallest absolute Gasteiger partial charge is 0.236 e. The molecule has 1 aliphatic rings. The third-order valence-corrected chi connectivity index (χ3v) is 4.72. The number of rotatable bonds is 8. The molecule has 6 nitrogen and oxygen atoms in total. The molecule has 1 N–H and O–H groups in total. The van der Waals surface area contributed by atoms with Gasteiger partial charge in [-0.2, -0.15) is 0 Å². The number of amides is 1. The van der Waals surface area contributed by atoms with E-state index in [-0.39, 0.29) is 5.91 Å². The van der Waals surface area contributed by atoms with Gasteiger partial charge in [0.2, 0.25) is 5.91 Å². The van der Waals surface area contributed by atoms with Crippen molar-refractivity contribution in [3.8, 4) is 11.5 Å². The summed E-state index contributed by atoms with van der Waals surface area (Å²) >= 11 is 0. The highest BCUT2D eigenvalue weighted by molar-refractivity contribution is 5.78. The summed E-state index contributed by atoms with van der Waals surface area (Å²) in [4.78, 5) is 16.6. The zero-order valence-corrected chi connectivity index (χ0v) is 15.9. The van der Waals surface area contributed by atoms with Gasteiger partial charge in [-0.25, -0.2) is 0 Å². The zero-order valence-electron chi connectivity index (χ0n) is 15.9. The summed E-state index contributed by atoms with van der Waals surface area (Å²) in [6, 6.07) is 6.26. The van der Waals surface area contributed by atoms with E-state index in [0.29, 0.717) is 31.5 Å². The summed E-state index contributed by atoms with van der Waals surface area (Å²) in [5.41, 5.74) is 0.960. The lowest BCUT2D eigenvalue weighted by molar-refractivity contribution is -0.132. The number of carbonyl (C=O) groups is 1. The molecular weight excluding hydrogens is 318 g/mol. The first kappa shape index (κ1) is 19.5. The second-order valence-electron chi connectivity index (χ2n) is 6.53. The summed E-state index contributed by atoms with van der Waals surface area (Å²) in [6.07, 6.45) is 2.19. The number of nitrogens with one attached hydrogen (secondary N) is 1. The Morgan fingerprint density at radius 1 is 1.28 bits per heavy atom. The van der Waals surface area contributed by atoms with Crippen molar-refractivity contribution >= 4 is 5.91 Å². The van der Waals surface area contributed by atoms with Crippen LogP contribution in [0.4, 0.5) is 0 Å². The van der Waals surface area contributed by atoms with Gasteiger partial charge in [0.1, 0.15) is 0 Å². The molecule has 0 bridgehead atoms. The number of piperidine rings is 1. The molecule has 0 radical (unpaired) electrons. The standard InChI is InChI=1S/C19H31N3O3/c1-5-25-19-15(7-6-8-17(19)24-4)13-22(3)18(23)14-21(2)16-9-11-20-12-10-16/h6-8,16,20H,5,9-14H2,1-4H3. The minimum absolute atomic E-state index is 0.117. The van der Waals surface area contributed by atoms with Crippen molar-refractivity contribution in [2.24, 2.45) is 0 Å². The van der Waals surface area contributed by atoms with E-state index in [1.165, 1.54) is 0 Å². The van der Waals surface area contributed by atoms with Gasteiger partial charge < -0.3 is 19.7 Å². The molecule has 0 saturated carbocycles. The van der Waals surface area contributed by atoms with Gasteiger partial charge in [0.05, 0.1) is 20.3 Å². The van der Waals surface area contributed by atoms with Crippen LogP contribution in [0, 0.1) is 0 Å². The molecule has 140 valence electrons. The van der Waals surface area contributed by atoms with E-state index in [0.717, 1.165) is 37.2 Å². The lowest BCUT2D eigenvalue weighted by atomic mass is 10.1. The number of hydrogen-bond donors (Lipinski definition) is 1. The maximum atomic E-state index is 12.6. The maximum absolute atomic E-state index is 12.6.